The van der Waals surface area contributed by atoms with E-state index in [1.807, 2.05) is 0 Å². The van der Waals surface area contributed by atoms with Crippen molar-refractivity contribution in [1.82, 2.24) is 0 Å². The molecule has 0 aliphatic carbocycles. The zero-order chi connectivity index (χ0) is 12.1. The zero-order valence-electron chi connectivity index (χ0n) is 8.16. The Morgan fingerprint density at radius 3 is 2.06 bits per heavy atom. The maximum Gasteiger partial charge on any atom is 0.338 e. The second-order valence-electron chi connectivity index (χ2n) is 2.96. The number of carbonyl (C=O) groups excluding carboxylic acids is 1. The first-order valence-corrected chi connectivity index (χ1v) is 4.37. The summed E-state index contributed by atoms with van der Waals surface area (Å²) in [5.74, 6) is -1.84. The number of aliphatic hydroxyl groups excluding tert-OH is 1. The molecule has 1 aromatic carbocycles. The lowest BCUT2D eigenvalue weighted by Gasteiger charge is -2.05. The average molecular weight is 226 g/mol. The normalized spacial score (nSPS) is 10.2. The van der Waals surface area contributed by atoms with Gasteiger partial charge in [-0.05, 0) is 24.3 Å². The summed E-state index contributed by atoms with van der Waals surface area (Å²) in [4.78, 5) is 21.8. The van der Waals surface area contributed by atoms with E-state index in [2.05, 4.69) is 4.74 Å². The fourth-order valence-electron chi connectivity index (χ4n) is 0.982. The van der Waals surface area contributed by atoms with Crippen LogP contribution < -0.4 is 0 Å². The molecule has 0 spiro atoms. The minimum Gasteiger partial charge on any atom is -0.478 e. The largest absolute Gasteiger partial charge is 0.478 e. The van der Waals surface area contributed by atoms with E-state index in [1.54, 1.807) is 0 Å². The molecule has 0 fully saturated rings. The quantitative estimate of drug-likeness (QED) is 0.487. The third kappa shape index (κ3) is 3.34. The van der Waals surface area contributed by atoms with Crippen LogP contribution in [0.15, 0.2) is 24.3 Å². The maximum absolute atomic E-state index is 11.2. The van der Waals surface area contributed by atoms with Gasteiger partial charge in [0.2, 0.25) is 0 Å². The van der Waals surface area contributed by atoms with Crippen LogP contribution in [0.25, 0.3) is 0 Å². The Labute approximate surface area is 90.7 Å². The Kier molecular flexibility index (Phi) is 3.98. The van der Waals surface area contributed by atoms with Crippen LogP contribution >= 0.6 is 0 Å². The van der Waals surface area contributed by atoms with Gasteiger partial charge in [-0.25, -0.2) is 9.59 Å². The van der Waals surface area contributed by atoms with Crippen LogP contribution in [0.5, 0.6) is 0 Å². The van der Waals surface area contributed by atoms with Gasteiger partial charge in [-0.2, -0.15) is 0 Å². The van der Waals surface area contributed by atoms with E-state index in [-0.39, 0.29) is 11.1 Å². The van der Waals surface area contributed by atoms with Crippen molar-refractivity contribution in [3.05, 3.63) is 35.4 Å². The summed E-state index contributed by atoms with van der Waals surface area (Å²) in [5, 5.41) is 25.5. The molecule has 6 heteroatoms. The minimum absolute atomic E-state index is 0.0544. The molecule has 1 rings (SSSR count). The monoisotopic (exact) mass is 226 g/mol. The SMILES string of the molecule is O=C(O)c1ccc(C(=O)OCC(O)O)cc1. The average Bonchev–Trinajstić information content (AvgIpc) is 2.26. The number of rotatable bonds is 4. The van der Waals surface area contributed by atoms with Crippen molar-refractivity contribution in [1.29, 1.82) is 0 Å². The standard InChI is InChI=1S/C10H10O6/c11-8(12)5-16-10(15)7-3-1-6(2-4-7)9(13)14/h1-4,8,11-12H,5H2,(H,13,14). The number of hydrogen-bond donors (Lipinski definition) is 3. The van der Waals surface area contributed by atoms with E-state index >= 15 is 0 Å². The molecule has 0 saturated heterocycles. The molecule has 0 aliphatic heterocycles. The van der Waals surface area contributed by atoms with Crippen LogP contribution in [0.3, 0.4) is 0 Å². The van der Waals surface area contributed by atoms with Crippen LogP contribution in [-0.2, 0) is 4.74 Å². The number of hydrogen-bond acceptors (Lipinski definition) is 5. The fourth-order valence-corrected chi connectivity index (χ4v) is 0.982. The number of aliphatic hydroxyl groups is 2. The van der Waals surface area contributed by atoms with Crippen LogP contribution in [-0.4, -0.2) is 40.2 Å². The number of carboxylic acid groups (broad SMARTS) is 1. The predicted octanol–water partition coefficient (Wildman–Crippen LogP) is -0.148. The van der Waals surface area contributed by atoms with Crippen molar-refractivity contribution in [3.63, 3.8) is 0 Å². The number of benzene rings is 1. The maximum atomic E-state index is 11.2. The molecule has 0 atom stereocenters. The molecule has 0 heterocycles. The van der Waals surface area contributed by atoms with E-state index in [9.17, 15) is 9.59 Å². The smallest absolute Gasteiger partial charge is 0.338 e. The van der Waals surface area contributed by atoms with E-state index in [4.69, 9.17) is 15.3 Å². The molecule has 86 valence electrons. The highest BCUT2D eigenvalue weighted by Gasteiger charge is 2.10. The highest BCUT2D eigenvalue weighted by molar-refractivity contribution is 5.92. The van der Waals surface area contributed by atoms with Gasteiger partial charge in [0.15, 0.2) is 6.29 Å². The highest BCUT2D eigenvalue weighted by Crippen LogP contribution is 2.06. The Hall–Kier alpha value is -1.92. The van der Waals surface area contributed by atoms with Crippen molar-refractivity contribution in [2.45, 2.75) is 6.29 Å². The Bertz CT molecular complexity index is 381. The van der Waals surface area contributed by atoms with Crippen LogP contribution in [0.2, 0.25) is 0 Å². The topological polar surface area (TPSA) is 104 Å². The summed E-state index contributed by atoms with van der Waals surface area (Å²) >= 11 is 0. The lowest BCUT2D eigenvalue weighted by Crippen LogP contribution is -2.17. The third-order valence-corrected chi connectivity index (χ3v) is 1.73. The van der Waals surface area contributed by atoms with Crippen LogP contribution in [0.4, 0.5) is 0 Å². The molecule has 0 bridgehead atoms. The molecular weight excluding hydrogens is 216 g/mol. The van der Waals surface area contributed by atoms with Crippen molar-refractivity contribution < 1.29 is 29.6 Å². The number of ether oxygens (including phenoxy) is 1. The molecule has 1 aromatic rings. The summed E-state index contributed by atoms with van der Waals surface area (Å²) in [6.07, 6.45) is -1.72. The van der Waals surface area contributed by atoms with E-state index in [0.717, 1.165) is 0 Å². The van der Waals surface area contributed by atoms with E-state index in [1.165, 1.54) is 24.3 Å². The van der Waals surface area contributed by atoms with Gasteiger partial charge in [-0.1, -0.05) is 0 Å². The van der Waals surface area contributed by atoms with Gasteiger partial charge in [0, 0.05) is 0 Å². The Morgan fingerprint density at radius 2 is 1.62 bits per heavy atom. The fraction of sp³-hybridized carbons (Fsp3) is 0.200. The second kappa shape index (κ2) is 5.24. The lowest BCUT2D eigenvalue weighted by atomic mass is 10.1. The first kappa shape index (κ1) is 12.2. The minimum atomic E-state index is -1.72. The molecule has 6 nitrogen and oxygen atoms in total. The number of aromatic carboxylic acids is 1. The van der Waals surface area contributed by atoms with Crippen LogP contribution in [0.1, 0.15) is 20.7 Å². The van der Waals surface area contributed by atoms with Gasteiger partial charge >= 0.3 is 11.9 Å². The molecular formula is C10H10O6. The first-order chi connectivity index (χ1) is 7.50. The summed E-state index contributed by atoms with van der Waals surface area (Å²) in [7, 11) is 0. The van der Waals surface area contributed by atoms with Crippen molar-refractivity contribution >= 4 is 11.9 Å². The van der Waals surface area contributed by atoms with Crippen molar-refractivity contribution in [2.75, 3.05) is 6.61 Å². The summed E-state index contributed by atoms with van der Waals surface area (Å²) in [6, 6.07) is 5.09. The van der Waals surface area contributed by atoms with E-state index < -0.39 is 24.8 Å². The van der Waals surface area contributed by atoms with Gasteiger partial charge in [-0.3, -0.25) is 0 Å². The molecule has 0 aromatic heterocycles. The zero-order valence-corrected chi connectivity index (χ0v) is 8.16. The third-order valence-electron chi connectivity index (χ3n) is 1.73. The molecule has 16 heavy (non-hydrogen) atoms. The molecule has 3 N–H and O–H groups in total. The second-order valence-corrected chi connectivity index (χ2v) is 2.96. The summed E-state index contributed by atoms with van der Waals surface area (Å²) in [5.41, 5.74) is 0.199. The van der Waals surface area contributed by atoms with Crippen molar-refractivity contribution in [3.8, 4) is 0 Å². The number of carboxylic acids is 1. The summed E-state index contributed by atoms with van der Waals surface area (Å²) < 4.78 is 4.50. The molecule has 0 aliphatic rings. The molecule has 0 amide bonds. The first-order valence-electron chi connectivity index (χ1n) is 4.37. The van der Waals surface area contributed by atoms with Gasteiger partial charge < -0.3 is 20.1 Å². The van der Waals surface area contributed by atoms with Gasteiger partial charge in [0.25, 0.3) is 0 Å². The number of carbonyl (C=O) groups is 2. The van der Waals surface area contributed by atoms with Crippen LogP contribution in [0, 0.1) is 0 Å². The summed E-state index contributed by atoms with van der Waals surface area (Å²) in [6.45, 7) is -0.528. The van der Waals surface area contributed by atoms with Gasteiger partial charge in [0.05, 0.1) is 11.1 Å². The highest BCUT2D eigenvalue weighted by atomic mass is 16.6. The Balaban J connectivity index is 2.67. The van der Waals surface area contributed by atoms with Gasteiger partial charge in [0.1, 0.15) is 6.61 Å². The van der Waals surface area contributed by atoms with Crippen molar-refractivity contribution in [2.24, 2.45) is 0 Å². The molecule has 0 saturated carbocycles. The predicted molar refractivity (Wildman–Crippen MR) is 51.9 cm³/mol. The molecule has 0 radical (unpaired) electrons. The number of esters is 1. The lowest BCUT2D eigenvalue weighted by molar-refractivity contribution is -0.0812. The van der Waals surface area contributed by atoms with Gasteiger partial charge in [-0.15, -0.1) is 0 Å². The Morgan fingerprint density at radius 1 is 1.12 bits per heavy atom. The molecule has 0 unspecified atom stereocenters. The van der Waals surface area contributed by atoms with E-state index in [0.29, 0.717) is 0 Å².